The van der Waals surface area contributed by atoms with Crippen molar-refractivity contribution in [2.45, 2.75) is 122 Å². The van der Waals surface area contributed by atoms with Gasteiger partial charge in [-0.1, -0.05) is 104 Å². The molecule has 0 aliphatic rings. The minimum absolute atomic E-state index is 0.325. The zero-order valence-corrected chi connectivity index (χ0v) is 16.8. The molecule has 0 fully saturated rings. The summed E-state index contributed by atoms with van der Waals surface area (Å²) >= 11 is 0. The fourth-order valence-corrected chi connectivity index (χ4v) is 3.66. The first-order valence-electron chi connectivity index (χ1n) is 11.0. The molecule has 1 N–H and O–H groups in total. The molecule has 0 saturated heterocycles. The molecule has 0 aliphatic heterocycles. The summed E-state index contributed by atoms with van der Waals surface area (Å²) in [5.74, 6) is 0.123. The number of H-pyrrole nitrogens is 1. The van der Waals surface area contributed by atoms with Crippen LogP contribution >= 0.6 is 0 Å². The van der Waals surface area contributed by atoms with Crippen LogP contribution in [0.5, 0.6) is 0 Å². The van der Waals surface area contributed by atoms with Gasteiger partial charge in [0.1, 0.15) is 6.26 Å². The number of aromatic amines is 1. The summed E-state index contributed by atoms with van der Waals surface area (Å²) in [5.41, 5.74) is 0.974. The lowest BCUT2D eigenvalue weighted by Crippen LogP contribution is -2.02. The number of nitrogens with one attached hydrogen (secondary N) is 1. The Morgan fingerprint density at radius 3 is 1.68 bits per heavy atom. The first-order chi connectivity index (χ1) is 12.3. The van der Waals surface area contributed by atoms with E-state index >= 15 is 0 Å². The molecular weight excluding hydrogens is 310 g/mol. The summed E-state index contributed by atoms with van der Waals surface area (Å²) in [6.07, 6.45) is 23.4. The Labute approximate surface area is 155 Å². The Kier molecular flexibility index (Phi) is 13.5. The van der Waals surface area contributed by atoms with E-state index in [1.54, 1.807) is 6.26 Å². The van der Waals surface area contributed by atoms with Crippen molar-refractivity contribution >= 4 is 0 Å². The molecule has 3 nitrogen and oxygen atoms in total. The maximum atomic E-state index is 11.1. The Morgan fingerprint density at radius 1 is 0.800 bits per heavy atom. The minimum atomic E-state index is -0.325. The van der Waals surface area contributed by atoms with Gasteiger partial charge in [-0.25, -0.2) is 4.79 Å². The predicted octanol–water partition coefficient (Wildman–Crippen LogP) is 7.33. The van der Waals surface area contributed by atoms with Gasteiger partial charge >= 0.3 is 5.76 Å². The second kappa shape index (κ2) is 15.3. The van der Waals surface area contributed by atoms with E-state index in [-0.39, 0.29) is 5.76 Å². The third-order valence-electron chi connectivity index (χ3n) is 5.38. The number of oxazole rings is 1. The first kappa shape index (κ1) is 22.1. The van der Waals surface area contributed by atoms with Crippen LogP contribution in [0.25, 0.3) is 0 Å². The van der Waals surface area contributed by atoms with Gasteiger partial charge in [-0.2, -0.15) is 0 Å². The molecule has 25 heavy (non-hydrogen) atoms. The van der Waals surface area contributed by atoms with Gasteiger partial charge in [0.05, 0.1) is 5.69 Å². The maximum absolute atomic E-state index is 11.1. The van der Waals surface area contributed by atoms with E-state index < -0.39 is 0 Å². The smallest absolute Gasteiger partial charge is 0.416 e. The highest BCUT2D eigenvalue weighted by Crippen LogP contribution is 2.24. The van der Waals surface area contributed by atoms with E-state index in [0.29, 0.717) is 5.92 Å². The van der Waals surface area contributed by atoms with Crippen LogP contribution in [0.15, 0.2) is 15.5 Å². The van der Waals surface area contributed by atoms with Gasteiger partial charge in [-0.15, -0.1) is 0 Å². The molecule has 0 saturated carbocycles. The minimum Gasteiger partial charge on any atom is -0.416 e. The Morgan fingerprint density at radius 2 is 1.28 bits per heavy atom. The van der Waals surface area contributed by atoms with Gasteiger partial charge in [0.15, 0.2) is 0 Å². The van der Waals surface area contributed by atoms with Gasteiger partial charge in [-0.3, -0.25) is 4.98 Å². The second-order valence-corrected chi connectivity index (χ2v) is 7.59. The monoisotopic (exact) mass is 351 g/mol. The van der Waals surface area contributed by atoms with E-state index in [4.69, 9.17) is 4.42 Å². The normalized spacial score (nSPS) is 12.6. The number of rotatable bonds is 17. The maximum Gasteiger partial charge on any atom is 0.416 e. The van der Waals surface area contributed by atoms with E-state index in [2.05, 4.69) is 18.8 Å². The van der Waals surface area contributed by atoms with Crippen LogP contribution in [-0.4, -0.2) is 4.98 Å². The van der Waals surface area contributed by atoms with Crippen molar-refractivity contribution < 1.29 is 4.42 Å². The average Bonchev–Trinajstić information content (AvgIpc) is 3.04. The van der Waals surface area contributed by atoms with Gasteiger partial charge in [0.25, 0.3) is 0 Å². The SMILES string of the molecule is CCCCCCCCCCCCCCCCC(CC)c1coc(=O)[nH]1. The molecular formula is C22H41NO2. The molecule has 3 heteroatoms. The zero-order valence-electron chi connectivity index (χ0n) is 16.8. The second-order valence-electron chi connectivity index (χ2n) is 7.59. The van der Waals surface area contributed by atoms with Crippen LogP contribution in [0.1, 0.15) is 128 Å². The summed E-state index contributed by atoms with van der Waals surface area (Å²) in [7, 11) is 0. The quantitative estimate of drug-likeness (QED) is 0.298. The number of unbranched alkanes of at least 4 members (excludes halogenated alkanes) is 13. The summed E-state index contributed by atoms with van der Waals surface area (Å²) in [6, 6.07) is 0. The van der Waals surface area contributed by atoms with Crippen molar-refractivity contribution in [3.63, 3.8) is 0 Å². The third kappa shape index (κ3) is 11.3. The topological polar surface area (TPSA) is 46.0 Å². The van der Waals surface area contributed by atoms with Gasteiger partial charge in [0.2, 0.25) is 0 Å². The molecule has 0 amide bonds. The van der Waals surface area contributed by atoms with Crippen LogP contribution in [0, 0.1) is 0 Å². The van der Waals surface area contributed by atoms with Crippen molar-refractivity contribution in [3.05, 3.63) is 22.5 Å². The van der Waals surface area contributed by atoms with Crippen LogP contribution in [0.3, 0.4) is 0 Å². The van der Waals surface area contributed by atoms with Crippen LogP contribution in [-0.2, 0) is 0 Å². The standard InChI is InChI=1S/C22H41NO2/c1-3-5-6-7-8-9-10-11-12-13-14-15-16-17-18-20(4-2)21-19-25-22(24)23-21/h19-20H,3-18H2,1-2H3,(H,23,24). The molecule has 1 aromatic heterocycles. The summed E-state index contributed by atoms with van der Waals surface area (Å²) in [5, 5.41) is 0. The Hall–Kier alpha value is -0.990. The van der Waals surface area contributed by atoms with Crippen molar-refractivity contribution in [1.29, 1.82) is 0 Å². The molecule has 1 atom stereocenters. The van der Waals surface area contributed by atoms with Gasteiger partial charge < -0.3 is 4.42 Å². The molecule has 0 spiro atoms. The van der Waals surface area contributed by atoms with Crippen molar-refractivity contribution in [2.75, 3.05) is 0 Å². The van der Waals surface area contributed by atoms with Crippen molar-refractivity contribution in [3.8, 4) is 0 Å². The lowest BCUT2D eigenvalue weighted by molar-refractivity contribution is 0.500. The lowest BCUT2D eigenvalue weighted by atomic mass is 9.95. The zero-order chi connectivity index (χ0) is 18.2. The average molecular weight is 352 g/mol. The summed E-state index contributed by atoms with van der Waals surface area (Å²) in [6.45, 7) is 4.46. The fourth-order valence-electron chi connectivity index (χ4n) is 3.66. The molecule has 0 radical (unpaired) electrons. The van der Waals surface area contributed by atoms with Crippen LogP contribution in [0.2, 0.25) is 0 Å². The van der Waals surface area contributed by atoms with E-state index in [9.17, 15) is 4.79 Å². The fraction of sp³-hybridized carbons (Fsp3) is 0.864. The van der Waals surface area contributed by atoms with Crippen LogP contribution in [0.4, 0.5) is 0 Å². The molecule has 0 aliphatic carbocycles. The van der Waals surface area contributed by atoms with Gasteiger partial charge in [0, 0.05) is 5.92 Å². The predicted molar refractivity (Wildman–Crippen MR) is 107 cm³/mol. The molecule has 146 valence electrons. The van der Waals surface area contributed by atoms with E-state index in [1.807, 2.05) is 0 Å². The molecule has 1 unspecified atom stereocenters. The van der Waals surface area contributed by atoms with Crippen molar-refractivity contribution in [2.24, 2.45) is 0 Å². The molecule has 1 rings (SSSR count). The third-order valence-corrected chi connectivity index (χ3v) is 5.38. The highest BCUT2D eigenvalue weighted by atomic mass is 16.4. The highest BCUT2D eigenvalue weighted by Gasteiger charge is 2.11. The molecule has 0 aromatic carbocycles. The molecule has 0 bridgehead atoms. The van der Waals surface area contributed by atoms with Crippen molar-refractivity contribution in [1.82, 2.24) is 4.98 Å². The Balaban J connectivity index is 1.86. The number of hydrogen-bond acceptors (Lipinski definition) is 2. The first-order valence-corrected chi connectivity index (χ1v) is 11.0. The van der Waals surface area contributed by atoms with E-state index in [1.165, 1.54) is 89.9 Å². The number of hydrogen-bond donors (Lipinski definition) is 1. The number of aromatic nitrogens is 1. The van der Waals surface area contributed by atoms with Crippen LogP contribution < -0.4 is 5.76 Å². The largest absolute Gasteiger partial charge is 0.416 e. The highest BCUT2D eigenvalue weighted by molar-refractivity contribution is 5.00. The molecule has 1 heterocycles. The summed E-state index contributed by atoms with van der Waals surface area (Å²) < 4.78 is 4.86. The Bertz CT molecular complexity index is 449. The van der Waals surface area contributed by atoms with E-state index in [0.717, 1.165) is 18.5 Å². The summed E-state index contributed by atoms with van der Waals surface area (Å²) in [4.78, 5) is 13.9. The molecule has 1 aromatic rings. The van der Waals surface area contributed by atoms with Gasteiger partial charge in [-0.05, 0) is 12.8 Å². The lowest BCUT2D eigenvalue weighted by Gasteiger charge is -2.11.